The van der Waals surface area contributed by atoms with E-state index in [0.29, 0.717) is 27.9 Å². The number of pyridine rings is 1. The highest BCUT2D eigenvalue weighted by atomic mass is 35.5. The summed E-state index contributed by atoms with van der Waals surface area (Å²) in [7, 11) is 0. The Bertz CT molecular complexity index is 799. The lowest BCUT2D eigenvalue weighted by Crippen LogP contribution is -2.06. The Kier molecular flexibility index (Phi) is 4.11. The van der Waals surface area contributed by atoms with Gasteiger partial charge in [0.1, 0.15) is 12.1 Å². The lowest BCUT2D eigenvalue weighted by Gasteiger charge is -2.13. The van der Waals surface area contributed by atoms with Gasteiger partial charge in [-0.25, -0.2) is 9.97 Å². The minimum atomic E-state index is -2.93. The van der Waals surface area contributed by atoms with Crippen LogP contribution in [0.2, 0.25) is 5.02 Å². The van der Waals surface area contributed by atoms with Gasteiger partial charge in [-0.1, -0.05) is 11.6 Å². The fraction of sp³-hybridized carbons (Fsp3) is 0.133. The summed E-state index contributed by atoms with van der Waals surface area (Å²) in [5.41, 5.74) is 1.82. The van der Waals surface area contributed by atoms with Gasteiger partial charge in [0.25, 0.3) is 0 Å². The molecule has 0 saturated carbocycles. The second-order valence-electron chi connectivity index (χ2n) is 4.58. The fourth-order valence-corrected chi connectivity index (χ4v) is 2.35. The molecule has 0 amide bonds. The molecule has 0 bridgehead atoms. The minimum Gasteiger partial charge on any atom is -0.434 e. The maximum absolute atomic E-state index is 12.8. The van der Waals surface area contributed by atoms with Crippen molar-refractivity contribution >= 4 is 22.5 Å². The highest BCUT2D eigenvalue weighted by Crippen LogP contribution is 2.32. The zero-order valence-electron chi connectivity index (χ0n) is 11.2. The van der Waals surface area contributed by atoms with Crippen molar-refractivity contribution in [1.29, 1.82) is 0 Å². The minimum absolute atomic E-state index is 0.0753. The summed E-state index contributed by atoms with van der Waals surface area (Å²) in [6.45, 7) is -2.93. The molecule has 22 heavy (non-hydrogen) atoms. The topological polar surface area (TPSA) is 47.9 Å². The predicted octanol–water partition coefficient (Wildman–Crippen LogP) is 3.87. The van der Waals surface area contributed by atoms with Crippen LogP contribution in [0.1, 0.15) is 11.1 Å². The molecule has 112 valence electrons. The Morgan fingerprint density at radius 3 is 2.64 bits per heavy atom. The Labute approximate surface area is 129 Å². The van der Waals surface area contributed by atoms with Crippen LogP contribution >= 0.6 is 11.6 Å². The molecule has 3 rings (SSSR count). The SMILES string of the molecule is FC(F)Oc1c(Cc2cncnc2)cnc2ccc(Cl)cc12. The van der Waals surface area contributed by atoms with Crippen LogP contribution in [0, 0.1) is 0 Å². The van der Waals surface area contributed by atoms with E-state index in [9.17, 15) is 8.78 Å². The van der Waals surface area contributed by atoms with Crippen molar-refractivity contribution in [1.82, 2.24) is 15.0 Å². The van der Waals surface area contributed by atoms with Gasteiger partial charge in [0.2, 0.25) is 0 Å². The second-order valence-corrected chi connectivity index (χ2v) is 5.01. The molecule has 0 saturated heterocycles. The third-order valence-corrected chi connectivity index (χ3v) is 3.31. The van der Waals surface area contributed by atoms with Crippen molar-refractivity contribution in [3.8, 4) is 5.75 Å². The molecule has 0 fully saturated rings. The van der Waals surface area contributed by atoms with Crippen LogP contribution in [-0.4, -0.2) is 21.6 Å². The van der Waals surface area contributed by atoms with Crippen LogP contribution < -0.4 is 4.74 Å². The third kappa shape index (κ3) is 3.12. The molecule has 0 atom stereocenters. The molecule has 0 unspecified atom stereocenters. The molecule has 7 heteroatoms. The summed E-state index contributed by atoms with van der Waals surface area (Å²) in [4.78, 5) is 12.1. The molecular formula is C15H10ClF2N3O. The summed E-state index contributed by atoms with van der Waals surface area (Å²) in [5, 5.41) is 0.871. The molecule has 0 radical (unpaired) electrons. The number of alkyl halides is 2. The van der Waals surface area contributed by atoms with Crippen LogP contribution in [0.25, 0.3) is 10.9 Å². The average Bonchev–Trinajstić information content (AvgIpc) is 2.50. The lowest BCUT2D eigenvalue weighted by atomic mass is 10.1. The monoisotopic (exact) mass is 321 g/mol. The first-order valence-corrected chi connectivity index (χ1v) is 6.77. The molecule has 0 aliphatic heterocycles. The number of ether oxygens (including phenoxy) is 1. The average molecular weight is 322 g/mol. The van der Waals surface area contributed by atoms with Gasteiger partial charge < -0.3 is 4.74 Å². The number of fused-ring (bicyclic) bond motifs is 1. The summed E-state index contributed by atoms with van der Waals surface area (Å²) in [5.74, 6) is 0.0753. The van der Waals surface area contributed by atoms with E-state index in [1.807, 2.05) is 0 Å². The van der Waals surface area contributed by atoms with Crippen molar-refractivity contribution in [2.75, 3.05) is 0 Å². The highest BCUT2D eigenvalue weighted by Gasteiger charge is 2.15. The largest absolute Gasteiger partial charge is 0.434 e. The standard InChI is InChI=1S/C15H10ClF2N3O/c16-11-1-2-13-12(4-11)14(22-15(17)18)10(7-21-13)3-9-5-19-8-20-6-9/h1-2,4-8,15H,3H2. The van der Waals surface area contributed by atoms with Crippen molar-refractivity contribution in [3.05, 3.63) is 59.3 Å². The molecular weight excluding hydrogens is 312 g/mol. The first kappa shape index (κ1) is 14.6. The fourth-order valence-electron chi connectivity index (χ4n) is 2.18. The van der Waals surface area contributed by atoms with Gasteiger partial charge in [0, 0.05) is 41.0 Å². The molecule has 0 spiro atoms. The number of hydrogen-bond acceptors (Lipinski definition) is 4. The molecule has 1 aromatic carbocycles. The van der Waals surface area contributed by atoms with Crippen LogP contribution in [0.5, 0.6) is 5.75 Å². The number of aromatic nitrogens is 3. The normalized spacial score (nSPS) is 11.1. The molecule has 2 aromatic heterocycles. The van der Waals surface area contributed by atoms with E-state index in [4.69, 9.17) is 16.3 Å². The van der Waals surface area contributed by atoms with E-state index in [-0.39, 0.29) is 5.75 Å². The van der Waals surface area contributed by atoms with Crippen molar-refractivity contribution < 1.29 is 13.5 Å². The number of nitrogens with zero attached hydrogens (tertiary/aromatic N) is 3. The quantitative estimate of drug-likeness (QED) is 0.732. The van der Waals surface area contributed by atoms with Gasteiger partial charge >= 0.3 is 6.61 Å². The maximum atomic E-state index is 12.8. The highest BCUT2D eigenvalue weighted by molar-refractivity contribution is 6.31. The van der Waals surface area contributed by atoms with E-state index in [2.05, 4.69) is 15.0 Å². The summed E-state index contributed by atoms with van der Waals surface area (Å²) >= 11 is 5.95. The van der Waals surface area contributed by atoms with E-state index in [0.717, 1.165) is 5.56 Å². The van der Waals surface area contributed by atoms with Crippen molar-refractivity contribution in [2.45, 2.75) is 13.0 Å². The van der Waals surface area contributed by atoms with Crippen LogP contribution in [-0.2, 0) is 6.42 Å². The first-order valence-electron chi connectivity index (χ1n) is 6.39. The Morgan fingerprint density at radius 2 is 1.91 bits per heavy atom. The molecule has 0 aliphatic carbocycles. The van der Waals surface area contributed by atoms with Crippen LogP contribution in [0.4, 0.5) is 8.78 Å². The van der Waals surface area contributed by atoms with E-state index < -0.39 is 6.61 Å². The van der Waals surface area contributed by atoms with Gasteiger partial charge in [0.15, 0.2) is 0 Å². The Hall–Kier alpha value is -2.34. The first-order chi connectivity index (χ1) is 10.6. The zero-order chi connectivity index (χ0) is 15.5. The van der Waals surface area contributed by atoms with Gasteiger partial charge in [-0.05, 0) is 23.8 Å². The van der Waals surface area contributed by atoms with Gasteiger partial charge in [-0.2, -0.15) is 8.78 Å². The number of benzene rings is 1. The van der Waals surface area contributed by atoms with Crippen molar-refractivity contribution in [3.63, 3.8) is 0 Å². The number of rotatable bonds is 4. The molecule has 0 N–H and O–H groups in total. The predicted molar refractivity (Wildman–Crippen MR) is 78.2 cm³/mol. The third-order valence-electron chi connectivity index (χ3n) is 3.07. The van der Waals surface area contributed by atoms with Gasteiger partial charge in [-0.3, -0.25) is 4.98 Å². The molecule has 4 nitrogen and oxygen atoms in total. The molecule has 2 heterocycles. The zero-order valence-corrected chi connectivity index (χ0v) is 12.0. The summed E-state index contributed by atoms with van der Waals surface area (Å²) in [6.07, 6.45) is 6.47. The van der Waals surface area contributed by atoms with Gasteiger partial charge in [-0.15, -0.1) is 0 Å². The smallest absolute Gasteiger partial charge is 0.387 e. The van der Waals surface area contributed by atoms with Crippen LogP contribution in [0.3, 0.4) is 0 Å². The van der Waals surface area contributed by atoms with E-state index >= 15 is 0 Å². The summed E-state index contributed by atoms with van der Waals surface area (Å²) < 4.78 is 30.2. The summed E-state index contributed by atoms with van der Waals surface area (Å²) in [6, 6.07) is 4.87. The van der Waals surface area contributed by atoms with Gasteiger partial charge in [0.05, 0.1) is 5.52 Å². The number of halogens is 3. The van der Waals surface area contributed by atoms with Crippen molar-refractivity contribution in [2.24, 2.45) is 0 Å². The maximum Gasteiger partial charge on any atom is 0.387 e. The van der Waals surface area contributed by atoms with E-state index in [1.54, 1.807) is 30.6 Å². The lowest BCUT2D eigenvalue weighted by molar-refractivity contribution is -0.0493. The van der Waals surface area contributed by atoms with E-state index in [1.165, 1.54) is 12.5 Å². The molecule has 0 aliphatic rings. The molecule has 3 aromatic rings. The number of hydrogen-bond donors (Lipinski definition) is 0. The Morgan fingerprint density at radius 1 is 1.14 bits per heavy atom. The van der Waals surface area contributed by atoms with Crippen LogP contribution in [0.15, 0.2) is 43.1 Å². The second kappa shape index (κ2) is 6.19. The Balaban J connectivity index is 2.12.